The smallest absolute Gasteiger partial charge is 0.301 e. The van der Waals surface area contributed by atoms with Crippen molar-refractivity contribution in [1.29, 1.82) is 0 Å². The third-order valence-electron chi connectivity index (χ3n) is 2.57. The van der Waals surface area contributed by atoms with Crippen molar-refractivity contribution < 1.29 is 13.2 Å². The molecule has 1 N–H and O–H groups in total. The highest BCUT2D eigenvalue weighted by Crippen LogP contribution is 2.33. The Bertz CT molecular complexity index is 640. The highest BCUT2D eigenvalue weighted by atomic mass is 32.2. The van der Waals surface area contributed by atoms with E-state index in [1.165, 1.54) is 0 Å². The van der Waals surface area contributed by atoms with Crippen molar-refractivity contribution in [3.63, 3.8) is 0 Å². The molecular weight excluding hydrogens is 289 g/mol. The Morgan fingerprint density at radius 3 is 2.50 bits per heavy atom. The lowest BCUT2D eigenvalue weighted by Gasteiger charge is -2.12. The summed E-state index contributed by atoms with van der Waals surface area (Å²) in [6, 6.07) is 9.72. The number of rotatable bonds is 3. The highest BCUT2D eigenvalue weighted by molar-refractivity contribution is 7.99. The van der Waals surface area contributed by atoms with E-state index in [4.69, 9.17) is 0 Å². The number of alkyl halides is 3. The quantitative estimate of drug-likeness (QED) is 0.695. The summed E-state index contributed by atoms with van der Waals surface area (Å²) < 4.78 is 37.8. The van der Waals surface area contributed by atoms with Crippen LogP contribution >= 0.6 is 11.8 Å². The fourth-order valence-corrected chi connectivity index (χ4v) is 2.53. The van der Waals surface area contributed by atoms with Crippen molar-refractivity contribution in [3.05, 3.63) is 58.0 Å². The number of H-pyrrole nitrogens is 1. The second-order valence-corrected chi connectivity index (χ2v) is 5.43. The molecule has 0 saturated carbocycles. The lowest BCUT2D eigenvalue weighted by molar-refractivity contribution is -0.141. The van der Waals surface area contributed by atoms with Crippen LogP contribution in [-0.2, 0) is 6.18 Å². The zero-order valence-electron chi connectivity index (χ0n) is 10.4. The van der Waals surface area contributed by atoms with Gasteiger partial charge in [-0.3, -0.25) is 4.79 Å². The van der Waals surface area contributed by atoms with Gasteiger partial charge in [0.05, 0.1) is 0 Å². The average molecular weight is 300 g/mol. The van der Waals surface area contributed by atoms with E-state index in [1.54, 1.807) is 0 Å². The first kappa shape index (κ1) is 14.6. The first-order valence-corrected chi connectivity index (χ1v) is 6.64. The predicted molar refractivity (Wildman–Crippen MR) is 70.6 cm³/mol. The van der Waals surface area contributed by atoms with Gasteiger partial charge in [0.25, 0.3) is 5.56 Å². The topological polar surface area (TPSA) is 45.8 Å². The Labute approximate surface area is 117 Å². The molecule has 0 aliphatic rings. The molecule has 106 valence electrons. The third-order valence-corrected chi connectivity index (χ3v) is 3.61. The summed E-state index contributed by atoms with van der Waals surface area (Å²) >= 11 is 1.07. The molecule has 0 radical (unpaired) electrons. The van der Waals surface area contributed by atoms with Gasteiger partial charge in [0, 0.05) is 11.3 Å². The van der Waals surface area contributed by atoms with Crippen LogP contribution in [0, 0.1) is 0 Å². The molecule has 7 heteroatoms. The maximum Gasteiger partial charge on any atom is 0.433 e. The molecule has 3 nitrogen and oxygen atoms in total. The van der Waals surface area contributed by atoms with Crippen molar-refractivity contribution in [2.45, 2.75) is 23.5 Å². The molecule has 1 heterocycles. The number of nitrogens with zero attached hydrogens (tertiary/aromatic N) is 1. The zero-order valence-corrected chi connectivity index (χ0v) is 11.3. The van der Waals surface area contributed by atoms with Gasteiger partial charge in [-0.05, 0) is 12.5 Å². The summed E-state index contributed by atoms with van der Waals surface area (Å²) in [5, 5.41) is -0.163. The molecule has 1 aromatic heterocycles. The molecule has 2 rings (SSSR count). The second kappa shape index (κ2) is 5.70. The number of benzene rings is 1. The van der Waals surface area contributed by atoms with Crippen LogP contribution < -0.4 is 5.56 Å². The minimum Gasteiger partial charge on any atom is -0.301 e. The number of aromatic nitrogens is 2. The van der Waals surface area contributed by atoms with Gasteiger partial charge in [-0.25, -0.2) is 4.98 Å². The van der Waals surface area contributed by atoms with Crippen molar-refractivity contribution in [2.75, 3.05) is 0 Å². The van der Waals surface area contributed by atoms with Crippen LogP contribution in [0.4, 0.5) is 13.2 Å². The van der Waals surface area contributed by atoms with Gasteiger partial charge in [0.2, 0.25) is 0 Å². The molecule has 0 spiro atoms. The Balaban J connectivity index is 2.26. The number of halogens is 3. The predicted octanol–water partition coefficient (Wildman–Crippen LogP) is 3.64. The Morgan fingerprint density at radius 1 is 1.25 bits per heavy atom. The number of aromatic amines is 1. The van der Waals surface area contributed by atoms with Crippen LogP contribution in [0.3, 0.4) is 0 Å². The van der Waals surface area contributed by atoms with Gasteiger partial charge in [0.15, 0.2) is 10.9 Å². The standard InChI is InChI=1S/C13H11F3N2OS/c1-8(9-5-3-2-4-6-9)20-12-17-10(13(14,15)16)7-11(19)18-12/h2-8H,1H3,(H,17,18,19). The van der Waals surface area contributed by atoms with Crippen LogP contribution in [0.25, 0.3) is 0 Å². The molecule has 1 atom stereocenters. The molecule has 20 heavy (non-hydrogen) atoms. The van der Waals surface area contributed by atoms with E-state index >= 15 is 0 Å². The summed E-state index contributed by atoms with van der Waals surface area (Å²) in [6.07, 6.45) is -4.63. The third kappa shape index (κ3) is 3.63. The Hall–Kier alpha value is -1.76. The lowest BCUT2D eigenvalue weighted by atomic mass is 10.2. The maximum atomic E-state index is 12.6. The molecule has 0 saturated heterocycles. The molecular formula is C13H11F3N2OS. The highest BCUT2D eigenvalue weighted by Gasteiger charge is 2.33. The normalized spacial score (nSPS) is 13.2. The van der Waals surface area contributed by atoms with Gasteiger partial charge >= 0.3 is 6.18 Å². The van der Waals surface area contributed by atoms with E-state index in [-0.39, 0.29) is 10.4 Å². The first-order chi connectivity index (χ1) is 9.36. The van der Waals surface area contributed by atoms with E-state index in [0.29, 0.717) is 6.07 Å². The first-order valence-electron chi connectivity index (χ1n) is 5.76. The van der Waals surface area contributed by atoms with Crippen LogP contribution in [-0.4, -0.2) is 9.97 Å². The molecule has 2 aromatic rings. The van der Waals surface area contributed by atoms with Crippen LogP contribution in [0.1, 0.15) is 23.4 Å². The minimum atomic E-state index is -4.63. The van der Waals surface area contributed by atoms with Crippen LogP contribution in [0.5, 0.6) is 0 Å². The van der Waals surface area contributed by atoms with Crippen LogP contribution in [0.15, 0.2) is 46.3 Å². The van der Waals surface area contributed by atoms with Crippen LogP contribution in [0.2, 0.25) is 0 Å². The van der Waals surface area contributed by atoms with Gasteiger partial charge in [0.1, 0.15) is 0 Å². The van der Waals surface area contributed by atoms with Crippen molar-refractivity contribution in [2.24, 2.45) is 0 Å². The Kier molecular flexibility index (Phi) is 4.17. The minimum absolute atomic E-state index is 0.0406. The molecule has 0 amide bonds. The molecule has 0 bridgehead atoms. The SMILES string of the molecule is CC(Sc1nc(C(F)(F)F)cc(=O)[nH]1)c1ccccc1. The lowest BCUT2D eigenvalue weighted by Crippen LogP contribution is -2.16. The van der Waals surface area contributed by atoms with E-state index < -0.39 is 17.4 Å². The second-order valence-electron chi connectivity index (χ2n) is 4.10. The average Bonchev–Trinajstić information content (AvgIpc) is 2.38. The number of hydrogen-bond donors (Lipinski definition) is 1. The molecule has 0 aliphatic heterocycles. The maximum absolute atomic E-state index is 12.6. The molecule has 0 aliphatic carbocycles. The van der Waals surface area contributed by atoms with Crippen molar-refractivity contribution >= 4 is 11.8 Å². The van der Waals surface area contributed by atoms with E-state index in [2.05, 4.69) is 9.97 Å². The Morgan fingerprint density at radius 2 is 1.90 bits per heavy atom. The van der Waals surface area contributed by atoms with Crippen molar-refractivity contribution in [3.8, 4) is 0 Å². The number of thioether (sulfide) groups is 1. The fraction of sp³-hybridized carbons (Fsp3) is 0.231. The van der Waals surface area contributed by atoms with Gasteiger partial charge in [-0.1, -0.05) is 42.1 Å². The summed E-state index contributed by atoms with van der Waals surface area (Å²) in [5.74, 6) is 0. The van der Waals surface area contributed by atoms with E-state index in [1.807, 2.05) is 37.3 Å². The number of nitrogens with one attached hydrogen (secondary N) is 1. The van der Waals surface area contributed by atoms with Crippen molar-refractivity contribution in [1.82, 2.24) is 9.97 Å². The summed E-state index contributed by atoms with van der Waals surface area (Å²) in [6.45, 7) is 1.83. The van der Waals surface area contributed by atoms with E-state index in [0.717, 1.165) is 17.3 Å². The zero-order chi connectivity index (χ0) is 14.8. The van der Waals surface area contributed by atoms with Gasteiger partial charge in [-0.2, -0.15) is 13.2 Å². The van der Waals surface area contributed by atoms with E-state index in [9.17, 15) is 18.0 Å². The van der Waals surface area contributed by atoms with Gasteiger partial charge in [-0.15, -0.1) is 0 Å². The largest absolute Gasteiger partial charge is 0.433 e. The summed E-state index contributed by atoms with van der Waals surface area (Å²) in [5.41, 5.74) is -1.04. The monoisotopic (exact) mass is 300 g/mol. The summed E-state index contributed by atoms with van der Waals surface area (Å²) in [4.78, 5) is 17.0. The molecule has 0 fully saturated rings. The fourth-order valence-electron chi connectivity index (χ4n) is 1.60. The molecule has 1 unspecified atom stereocenters. The molecule has 1 aromatic carbocycles. The number of hydrogen-bond acceptors (Lipinski definition) is 3. The van der Waals surface area contributed by atoms with Gasteiger partial charge < -0.3 is 4.98 Å². The summed E-state index contributed by atoms with van der Waals surface area (Å²) in [7, 11) is 0.